The molecule has 1 rings (SSSR count). The molecular formula is C14H26N4O2. The second-order valence-corrected chi connectivity index (χ2v) is 5.74. The van der Waals surface area contributed by atoms with Gasteiger partial charge in [-0.2, -0.15) is 0 Å². The lowest BCUT2D eigenvalue weighted by molar-refractivity contribution is 0.0527. The van der Waals surface area contributed by atoms with Crippen molar-refractivity contribution < 1.29 is 9.53 Å². The van der Waals surface area contributed by atoms with Gasteiger partial charge >= 0.3 is 6.09 Å². The Morgan fingerprint density at radius 2 is 2.10 bits per heavy atom. The van der Waals surface area contributed by atoms with E-state index < -0.39 is 5.60 Å². The van der Waals surface area contributed by atoms with Crippen LogP contribution in [0.2, 0.25) is 0 Å². The number of aromatic nitrogens is 2. The lowest BCUT2D eigenvalue weighted by atomic mass is 10.2. The molecule has 0 aliphatic rings. The third-order valence-electron chi connectivity index (χ3n) is 2.64. The number of aryl methyl sites for hydroxylation is 1. The molecule has 0 radical (unpaired) electrons. The predicted molar refractivity (Wildman–Crippen MR) is 78.6 cm³/mol. The zero-order chi connectivity index (χ0) is 15.0. The summed E-state index contributed by atoms with van der Waals surface area (Å²) in [6.07, 6.45) is 5.17. The normalized spacial score (nSPS) is 11.4. The first-order valence-corrected chi connectivity index (χ1v) is 7.02. The van der Waals surface area contributed by atoms with Gasteiger partial charge in [-0.05, 0) is 33.7 Å². The van der Waals surface area contributed by atoms with Crippen molar-refractivity contribution in [1.29, 1.82) is 0 Å². The molecule has 0 aliphatic heterocycles. The molecule has 0 spiro atoms. The predicted octanol–water partition coefficient (Wildman–Crippen LogP) is 1.47. The van der Waals surface area contributed by atoms with E-state index in [9.17, 15) is 4.79 Å². The molecule has 0 fully saturated rings. The summed E-state index contributed by atoms with van der Waals surface area (Å²) in [7, 11) is 1.99. The van der Waals surface area contributed by atoms with Gasteiger partial charge in [0.2, 0.25) is 0 Å². The van der Waals surface area contributed by atoms with Crippen LogP contribution >= 0.6 is 0 Å². The van der Waals surface area contributed by atoms with Crippen molar-refractivity contribution in [3.63, 3.8) is 0 Å². The van der Waals surface area contributed by atoms with E-state index in [2.05, 4.69) is 15.6 Å². The number of hydrogen-bond donors (Lipinski definition) is 2. The lowest BCUT2D eigenvalue weighted by Gasteiger charge is -2.19. The zero-order valence-corrected chi connectivity index (χ0v) is 12.9. The highest BCUT2D eigenvalue weighted by atomic mass is 16.6. The number of hydrogen-bond acceptors (Lipinski definition) is 4. The Morgan fingerprint density at radius 1 is 1.35 bits per heavy atom. The number of ether oxygens (including phenoxy) is 1. The minimum absolute atomic E-state index is 0.356. The quantitative estimate of drug-likeness (QED) is 0.743. The highest BCUT2D eigenvalue weighted by molar-refractivity contribution is 5.67. The molecule has 114 valence electrons. The van der Waals surface area contributed by atoms with Crippen LogP contribution in [0.25, 0.3) is 0 Å². The smallest absolute Gasteiger partial charge is 0.407 e. The van der Waals surface area contributed by atoms with Crippen molar-refractivity contribution >= 4 is 6.09 Å². The monoisotopic (exact) mass is 282 g/mol. The van der Waals surface area contributed by atoms with Crippen LogP contribution in [0.15, 0.2) is 12.4 Å². The van der Waals surface area contributed by atoms with Crippen molar-refractivity contribution in [2.24, 2.45) is 7.05 Å². The molecule has 20 heavy (non-hydrogen) atoms. The van der Waals surface area contributed by atoms with Crippen molar-refractivity contribution in [2.45, 2.75) is 39.2 Å². The number of rotatable bonds is 7. The Balaban J connectivity index is 1.98. The van der Waals surface area contributed by atoms with Crippen molar-refractivity contribution in [2.75, 3.05) is 19.6 Å². The first-order chi connectivity index (χ1) is 9.38. The van der Waals surface area contributed by atoms with Crippen LogP contribution in [-0.4, -0.2) is 40.9 Å². The van der Waals surface area contributed by atoms with Gasteiger partial charge in [-0.3, -0.25) is 0 Å². The fraction of sp³-hybridized carbons (Fsp3) is 0.714. The molecule has 0 saturated carbocycles. The van der Waals surface area contributed by atoms with Gasteiger partial charge in [-0.1, -0.05) is 0 Å². The topological polar surface area (TPSA) is 68.2 Å². The summed E-state index contributed by atoms with van der Waals surface area (Å²) in [6, 6.07) is 0. The van der Waals surface area contributed by atoms with E-state index in [1.54, 1.807) is 6.20 Å². The maximum absolute atomic E-state index is 11.4. The minimum Gasteiger partial charge on any atom is -0.444 e. The molecular weight excluding hydrogens is 256 g/mol. The molecule has 1 amide bonds. The van der Waals surface area contributed by atoms with Gasteiger partial charge in [0.15, 0.2) is 0 Å². The van der Waals surface area contributed by atoms with Gasteiger partial charge in [0.1, 0.15) is 11.4 Å². The first-order valence-electron chi connectivity index (χ1n) is 7.02. The Bertz CT molecular complexity index is 410. The van der Waals surface area contributed by atoms with Crippen molar-refractivity contribution in [1.82, 2.24) is 20.2 Å². The highest BCUT2D eigenvalue weighted by Crippen LogP contribution is 2.06. The van der Waals surface area contributed by atoms with Crippen molar-refractivity contribution in [3.05, 3.63) is 18.2 Å². The van der Waals surface area contributed by atoms with Crippen LogP contribution in [0.3, 0.4) is 0 Å². The van der Waals surface area contributed by atoms with Crippen LogP contribution in [0.1, 0.15) is 33.0 Å². The second kappa shape index (κ2) is 7.89. The Labute approximate surface area is 120 Å². The van der Waals surface area contributed by atoms with Gasteiger partial charge < -0.3 is 19.9 Å². The fourth-order valence-corrected chi connectivity index (χ4v) is 1.68. The molecule has 1 aromatic heterocycles. The van der Waals surface area contributed by atoms with Crippen LogP contribution in [-0.2, 0) is 18.2 Å². The summed E-state index contributed by atoms with van der Waals surface area (Å²) in [5.41, 5.74) is -0.440. The number of amides is 1. The summed E-state index contributed by atoms with van der Waals surface area (Å²) < 4.78 is 7.17. The van der Waals surface area contributed by atoms with Gasteiger partial charge in [0.05, 0.1) is 0 Å². The molecule has 0 unspecified atom stereocenters. The minimum atomic E-state index is -0.440. The second-order valence-electron chi connectivity index (χ2n) is 5.74. The number of carbonyl (C=O) groups is 1. The number of nitrogens with zero attached hydrogens (tertiary/aromatic N) is 2. The molecule has 0 aliphatic carbocycles. The molecule has 0 bridgehead atoms. The van der Waals surface area contributed by atoms with E-state index in [4.69, 9.17) is 4.74 Å². The van der Waals surface area contributed by atoms with Gasteiger partial charge in [0, 0.05) is 39.0 Å². The van der Waals surface area contributed by atoms with E-state index >= 15 is 0 Å². The number of nitrogens with one attached hydrogen (secondary N) is 2. The summed E-state index contributed by atoms with van der Waals surface area (Å²) in [6.45, 7) is 7.92. The lowest BCUT2D eigenvalue weighted by Crippen LogP contribution is -2.34. The molecule has 2 N–H and O–H groups in total. The number of alkyl carbamates (subject to hydrolysis) is 1. The third-order valence-corrected chi connectivity index (χ3v) is 2.64. The first kappa shape index (κ1) is 16.5. The molecule has 0 atom stereocenters. The Kier molecular flexibility index (Phi) is 6.51. The Morgan fingerprint density at radius 3 is 2.70 bits per heavy atom. The highest BCUT2D eigenvalue weighted by Gasteiger charge is 2.15. The van der Waals surface area contributed by atoms with Gasteiger partial charge in [0.25, 0.3) is 0 Å². The van der Waals surface area contributed by atoms with Gasteiger partial charge in [-0.15, -0.1) is 0 Å². The number of carbonyl (C=O) groups excluding carboxylic acids is 1. The van der Waals surface area contributed by atoms with Crippen molar-refractivity contribution in [3.8, 4) is 0 Å². The van der Waals surface area contributed by atoms with Crippen LogP contribution < -0.4 is 10.6 Å². The van der Waals surface area contributed by atoms with E-state index in [0.29, 0.717) is 6.54 Å². The largest absolute Gasteiger partial charge is 0.444 e. The molecule has 1 aromatic rings. The molecule has 6 nitrogen and oxygen atoms in total. The van der Waals surface area contributed by atoms with E-state index in [1.807, 2.05) is 38.6 Å². The van der Waals surface area contributed by atoms with Crippen LogP contribution in [0, 0.1) is 0 Å². The maximum Gasteiger partial charge on any atom is 0.407 e. The summed E-state index contributed by atoms with van der Waals surface area (Å²) in [5, 5.41) is 6.06. The maximum atomic E-state index is 11.4. The van der Waals surface area contributed by atoms with Gasteiger partial charge in [-0.25, -0.2) is 9.78 Å². The summed E-state index contributed by atoms with van der Waals surface area (Å²) in [4.78, 5) is 15.6. The average Bonchev–Trinajstić information content (AvgIpc) is 2.71. The van der Waals surface area contributed by atoms with Crippen LogP contribution in [0.4, 0.5) is 4.79 Å². The average molecular weight is 282 g/mol. The summed E-state index contributed by atoms with van der Waals surface area (Å²) >= 11 is 0. The Hall–Kier alpha value is -1.56. The molecule has 1 heterocycles. The van der Waals surface area contributed by atoms with E-state index in [-0.39, 0.29) is 6.09 Å². The van der Waals surface area contributed by atoms with E-state index in [0.717, 1.165) is 31.8 Å². The molecule has 0 aromatic carbocycles. The van der Waals surface area contributed by atoms with Crippen LogP contribution in [0.5, 0.6) is 0 Å². The number of imidazole rings is 1. The fourth-order valence-electron chi connectivity index (χ4n) is 1.68. The SMILES string of the molecule is Cn1ccnc1CCNCCCNC(=O)OC(C)(C)C. The molecule has 0 saturated heterocycles. The van der Waals surface area contributed by atoms with E-state index in [1.165, 1.54) is 0 Å². The summed E-state index contributed by atoms with van der Waals surface area (Å²) in [5.74, 6) is 1.07. The third kappa shape index (κ3) is 7.13. The molecule has 6 heteroatoms. The zero-order valence-electron chi connectivity index (χ0n) is 12.9. The standard InChI is InChI=1S/C14H26N4O2/c1-14(2,3)20-13(19)17-8-5-7-15-9-6-12-16-10-11-18(12)4/h10-11,15H,5-9H2,1-4H3,(H,17,19).